The molecule has 0 aliphatic heterocycles. The van der Waals surface area contributed by atoms with Gasteiger partial charge in [-0.15, -0.1) is 0 Å². The Kier molecular flexibility index (Phi) is 2.95. The van der Waals surface area contributed by atoms with Crippen LogP contribution >= 0.6 is 0 Å². The maximum atomic E-state index is 12.6. The number of hydrogen-bond acceptors (Lipinski definition) is 2. The number of anilines is 1. The van der Waals surface area contributed by atoms with Crippen molar-refractivity contribution >= 4 is 11.9 Å². The molecule has 1 aromatic carbocycles. The van der Waals surface area contributed by atoms with E-state index in [1.54, 1.807) is 24.5 Å². The van der Waals surface area contributed by atoms with Crippen LogP contribution in [0.5, 0.6) is 0 Å². The molecule has 2 rings (SSSR count). The highest BCUT2D eigenvalue weighted by atomic mass is 19.1. The Bertz CT molecular complexity index is 464. The summed E-state index contributed by atoms with van der Waals surface area (Å²) in [7, 11) is 0. The standard InChI is InChI=1S/C11H10FN3O/c12-9-3-1-8(2-4-9)7-10(16)15-11-13-5-6-14-11/h1-6H,7H2,(H2,13,14,15,16). The molecule has 0 aliphatic carbocycles. The lowest BCUT2D eigenvalue weighted by molar-refractivity contribution is -0.115. The van der Waals surface area contributed by atoms with Crippen LogP contribution in [0.25, 0.3) is 0 Å². The summed E-state index contributed by atoms with van der Waals surface area (Å²) in [5, 5.41) is 2.59. The first-order valence-corrected chi connectivity index (χ1v) is 4.78. The van der Waals surface area contributed by atoms with Crippen LogP contribution in [-0.4, -0.2) is 15.9 Å². The van der Waals surface area contributed by atoms with E-state index in [0.29, 0.717) is 5.95 Å². The minimum absolute atomic E-state index is 0.193. The van der Waals surface area contributed by atoms with E-state index < -0.39 is 0 Å². The molecule has 1 amide bonds. The van der Waals surface area contributed by atoms with Gasteiger partial charge in [-0.3, -0.25) is 10.1 Å². The number of imidazole rings is 1. The van der Waals surface area contributed by atoms with Crippen LogP contribution in [0.15, 0.2) is 36.7 Å². The van der Waals surface area contributed by atoms with Crippen LogP contribution in [0.4, 0.5) is 10.3 Å². The average molecular weight is 219 g/mol. The van der Waals surface area contributed by atoms with Crippen LogP contribution < -0.4 is 5.32 Å². The zero-order valence-corrected chi connectivity index (χ0v) is 8.40. The Hall–Kier alpha value is -2.17. The number of hydrogen-bond donors (Lipinski definition) is 2. The summed E-state index contributed by atoms with van der Waals surface area (Å²) in [4.78, 5) is 18.1. The summed E-state index contributed by atoms with van der Waals surface area (Å²) < 4.78 is 12.6. The van der Waals surface area contributed by atoms with Gasteiger partial charge in [0.15, 0.2) is 0 Å². The van der Waals surface area contributed by atoms with Gasteiger partial charge in [-0.25, -0.2) is 9.37 Å². The molecule has 0 atom stereocenters. The number of amides is 1. The van der Waals surface area contributed by atoms with Gasteiger partial charge in [0.05, 0.1) is 6.42 Å². The summed E-state index contributed by atoms with van der Waals surface area (Å²) in [5.74, 6) is -0.0936. The number of carbonyl (C=O) groups is 1. The first-order chi connectivity index (χ1) is 7.74. The number of rotatable bonds is 3. The maximum absolute atomic E-state index is 12.6. The van der Waals surface area contributed by atoms with Crippen molar-refractivity contribution in [1.29, 1.82) is 0 Å². The monoisotopic (exact) mass is 219 g/mol. The predicted octanol–water partition coefficient (Wildman–Crippen LogP) is 1.73. The topological polar surface area (TPSA) is 57.8 Å². The Morgan fingerprint density at radius 3 is 2.75 bits per heavy atom. The molecule has 1 heterocycles. The average Bonchev–Trinajstić information content (AvgIpc) is 2.74. The van der Waals surface area contributed by atoms with E-state index in [2.05, 4.69) is 15.3 Å². The van der Waals surface area contributed by atoms with E-state index in [4.69, 9.17) is 0 Å². The number of nitrogens with one attached hydrogen (secondary N) is 2. The number of halogens is 1. The van der Waals surface area contributed by atoms with Gasteiger partial charge >= 0.3 is 0 Å². The predicted molar refractivity (Wildman–Crippen MR) is 57.3 cm³/mol. The zero-order valence-electron chi connectivity index (χ0n) is 8.40. The fourth-order valence-corrected chi connectivity index (χ4v) is 1.30. The van der Waals surface area contributed by atoms with Crippen molar-refractivity contribution in [2.75, 3.05) is 5.32 Å². The van der Waals surface area contributed by atoms with E-state index >= 15 is 0 Å². The fraction of sp³-hybridized carbons (Fsp3) is 0.0909. The normalized spacial score (nSPS) is 10.1. The molecule has 0 fully saturated rings. The van der Waals surface area contributed by atoms with E-state index in [1.165, 1.54) is 12.1 Å². The first-order valence-electron chi connectivity index (χ1n) is 4.78. The number of H-pyrrole nitrogens is 1. The molecule has 82 valence electrons. The van der Waals surface area contributed by atoms with Gasteiger partial charge in [0.25, 0.3) is 0 Å². The molecule has 2 N–H and O–H groups in total. The Balaban J connectivity index is 1.95. The van der Waals surface area contributed by atoms with E-state index in [9.17, 15) is 9.18 Å². The van der Waals surface area contributed by atoms with E-state index in [0.717, 1.165) is 5.56 Å². The molecule has 2 aromatic rings. The number of aromatic amines is 1. The lowest BCUT2D eigenvalue weighted by Crippen LogP contribution is -2.15. The molecule has 0 unspecified atom stereocenters. The zero-order chi connectivity index (χ0) is 11.4. The Labute approximate surface area is 91.5 Å². The van der Waals surface area contributed by atoms with Gasteiger partial charge in [0.2, 0.25) is 11.9 Å². The Morgan fingerprint density at radius 2 is 2.12 bits per heavy atom. The highest BCUT2D eigenvalue weighted by Gasteiger charge is 2.05. The maximum Gasteiger partial charge on any atom is 0.231 e. The number of nitrogens with zero attached hydrogens (tertiary/aromatic N) is 1. The second-order valence-electron chi connectivity index (χ2n) is 3.29. The summed E-state index contributed by atoms with van der Waals surface area (Å²) in [6.45, 7) is 0. The first kappa shape index (κ1) is 10.4. The van der Waals surface area contributed by atoms with Crippen LogP contribution in [0.3, 0.4) is 0 Å². The van der Waals surface area contributed by atoms with Gasteiger partial charge in [0, 0.05) is 12.4 Å². The molecule has 0 saturated heterocycles. The summed E-state index contributed by atoms with van der Waals surface area (Å²) >= 11 is 0. The summed E-state index contributed by atoms with van der Waals surface area (Å²) in [6.07, 6.45) is 3.36. The van der Waals surface area contributed by atoms with Gasteiger partial charge in [-0.1, -0.05) is 12.1 Å². The third-order valence-corrected chi connectivity index (χ3v) is 2.03. The molecular formula is C11H10FN3O. The SMILES string of the molecule is O=C(Cc1ccc(F)cc1)Nc1ncc[nH]1. The molecule has 0 bridgehead atoms. The second-order valence-corrected chi connectivity index (χ2v) is 3.29. The Morgan fingerprint density at radius 1 is 1.38 bits per heavy atom. The quantitative estimate of drug-likeness (QED) is 0.825. The molecule has 4 nitrogen and oxygen atoms in total. The fourth-order valence-electron chi connectivity index (χ4n) is 1.30. The molecule has 0 aliphatic rings. The van der Waals surface area contributed by atoms with Gasteiger partial charge < -0.3 is 4.98 Å². The van der Waals surface area contributed by atoms with Crippen molar-refractivity contribution in [1.82, 2.24) is 9.97 Å². The van der Waals surface area contributed by atoms with Crippen molar-refractivity contribution in [2.24, 2.45) is 0 Å². The number of aromatic nitrogens is 2. The summed E-state index contributed by atoms with van der Waals surface area (Å²) in [5.41, 5.74) is 0.755. The smallest absolute Gasteiger partial charge is 0.231 e. The largest absolute Gasteiger partial charge is 0.331 e. The van der Waals surface area contributed by atoms with Gasteiger partial charge in [-0.2, -0.15) is 0 Å². The van der Waals surface area contributed by atoms with E-state index in [-0.39, 0.29) is 18.1 Å². The lowest BCUT2D eigenvalue weighted by atomic mass is 10.1. The minimum Gasteiger partial charge on any atom is -0.331 e. The lowest BCUT2D eigenvalue weighted by Gasteiger charge is -2.01. The number of carbonyl (C=O) groups excluding carboxylic acids is 1. The third-order valence-electron chi connectivity index (χ3n) is 2.03. The molecule has 16 heavy (non-hydrogen) atoms. The highest BCUT2D eigenvalue weighted by Crippen LogP contribution is 2.04. The van der Waals surface area contributed by atoms with Crippen LogP contribution in [-0.2, 0) is 11.2 Å². The second kappa shape index (κ2) is 4.57. The molecule has 0 spiro atoms. The van der Waals surface area contributed by atoms with Gasteiger partial charge in [-0.05, 0) is 17.7 Å². The molecule has 1 aromatic heterocycles. The summed E-state index contributed by atoms with van der Waals surface area (Å²) in [6, 6.07) is 5.82. The third kappa shape index (κ3) is 2.66. The minimum atomic E-state index is -0.310. The molecule has 0 saturated carbocycles. The van der Waals surface area contributed by atoms with Crippen LogP contribution in [0.1, 0.15) is 5.56 Å². The van der Waals surface area contributed by atoms with Gasteiger partial charge in [0.1, 0.15) is 5.82 Å². The van der Waals surface area contributed by atoms with E-state index in [1.807, 2.05) is 0 Å². The van der Waals surface area contributed by atoms with Crippen LogP contribution in [0, 0.1) is 5.82 Å². The highest BCUT2D eigenvalue weighted by molar-refractivity contribution is 5.90. The van der Waals surface area contributed by atoms with Crippen LogP contribution in [0.2, 0.25) is 0 Å². The van der Waals surface area contributed by atoms with Crippen molar-refractivity contribution in [2.45, 2.75) is 6.42 Å². The van der Waals surface area contributed by atoms with Crippen molar-refractivity contribution in [3.8, 4) is 0 Å². The van der Waals surface area contributed by atoms with Crippen molar-refractivity contribution in [3.05, 3.63) is 48.0 Å². The van der Waals surface area contributed by atoms with Crippen molar-refractivity contribution in [3.63, 3.8) is 0 Å². The molecule has 0 radical (unpaired) electrons. The number of benzene rings is 1. The molecule has 5 heteroatoms. The molecular weight excluding hydrogens is 209 g/mol. The van der Waals surface area contributed by atoms with Crippen molar-refractivity contribution < 1.29 is 9.18 Å².